The molecule has 22 heavy (non-hydrogen) atoms. The number of carbonyl (C=O) groups is 2. The van der Waals surface area contributed by atoms with E-state index in [2.05, 4.69) is 33.9 Å². The number of fused-ring (bicyclic) bond motifs is 1. The van der Waals surface area contributed by atoms with Gasteiger partial charge in [-0.3, -0.25) is 0 Å². The summed E-state index contributed by atoms with van der Waals surface area (Å²) >= 11 is 0. The number of benzene rings is 2. The fourth-order valence-corrected chi connectivity index (χ4v) is 2.76. The highest BCUT2D eigenvalue weighted by molar-refractivity contribution is 5.94. The first kappa shape index (κ1) is 14.2. The maximum Gasteiger partial charge on any atom is 0.418 e. The van der Waals surface area contributed by atoms with Crippen molar-refractivity contribution in [2.24, 2.45) is 5.73 Å². The number of carbonyl (C=O) groups excluding carboxylic acids is 2. The van der Waals surface area contributed by atoms with Crippen LogP contribution in [0.5, 0.6) is 0 Å². The molecule has 0 saturated carbocycles. The smallest absolute Gasteiger partial charge is 0.367 e. The molecule has 1 aliphatic rings. The van der Waals surface area contributed by atoms with Crippen molar-refractivity contribution < 1.29 is 14.3 Å². The molecule has 6 nitrogen and oxygen atoms in total. The summed E-state index contributed by atoms with van der Waals surface area (Å²) in [5.41, 5.74) is 6.02. The molecule has 0 unspecified atom stereocenters. The van der Waals surface area contributed by atoms with Crippen LogP contribution in [0.15, 0.2) is 42.5 Å². The summed E-state index contributed by atoms with van der Waals surface area (Å²) in [5, 5.41) is 2.38. The number of amides is 2. The van der Waals surface area contributed by atoms with E-state index < -0.39 is 12.2 Å². The van der Waals surface area contributed by atoms with Gasteiger partial charge in [-0.15, -0.1) is 0 Å². The van der Waals surface area contributed by atoms with Crippen LogP contribution < -0.4 is 10.6 Å². The van der Waals surface area contributed by atoms with Crippen molar-refractivity contribution in [1.82, 2.24) is 4.90 Å². The Morgan fingerprint density at radius 2 is 1.64 bits per heavy atom. The van der Waals surface area contributed by atoms with Crippen molar-refractivity contribution in [3.63, 3.8) is 0 Å². The van der Waals surface area contributed by atoms with Gasteiger partial charge in [-0.25, -0.2) is 9.59 Å². The van der Waals surface area contributed by atoms with E-state index in [-0.39, 0.29) is 0 Å². The minimum atomic E-state index is -1.07. The lowest BCUT2D eigenvalue weighted by Crippen LogP contribution is -2.49. The van der Waals surface area contributed by atoms with Crippen molar-refractivity contribution >= 4 is 28.6 Å². The summed E-state index contributed by atoms with van der Waals surface area (Å²) < 4.78 is 4.41. The van der Waals surface area contributed by atoms with Crippen molar-refractivity contribution in [1.29, 1.82) is 0 Å². The summed E-state index contributed by atoms with van der Waals surface area (Å²) in [6, 6.07) is 14.4. The Labute approximate surface area is 128 Å². The highest BCUT2D eigenvalue weighted by atomic mass is 16.6. The van der Waals surface area contributed by atoms with Gasteiger partial charge in [0, 0.05) is 37.3 Å². The number of nitrogens with two attached hydrogens (primary N) is 1. The van der Waals surface area contributed by atoms with Crippen LogP contribution in [0.3, 0.4) is 0 Å². The fourth-order valence-electron chi connectivity index (χ4n) is 2.76. The number of piperazine rings is 1. The third kappa shape index (κ3) is 2.81. The molecule has 1 saturated heterocycles. The minimum absolute atomic E-state index is 0.495. The zero-order valence-electron chi connectivity index (χ0n) is 12.1. The number of anilines is 1. The van der Waals surface area contributed by atoms with Gasteiger partial charge < -0.3 is 20.3 Å². The monoisotopic (exact) mass is 299 g/mol. The van der Waals surface area contributed by atoms with E-state index in [1.54, 1.807) is 0 Å². The maximum absolute atomic E-state index is 11.6. The zero-order valence-corrected chi connectivity index (χ0v) is 12.1. The van der Waals surface area contributed by atoms with Gasteiger partial charge >= 0.3 is 12.2 Å². The van der Waals surface area contributed by atoms with Crippen LogP contribution in [0.2, 0.25) is 0 Å². The van der Waals surface area contributed by atoms with E-state index in [0.717, 1.165) is 5.69 Å². The second kappa shape index (κ2) is 5.93. The summed E-state index contributed by atoms with van der Waals surface area (Å²) in [5.74, 6) is 0. The largest absolute Gasteiger partial charge is 0.418 e. The molecule has 2 amide bonds. The van der Waals surface area contributed by atoms with E-state index in [9.17, 15) is 9.59 Å². The molecule has 3 rings (SSSR count). The van der Waals surface area contributed by atoms with Gasteiger partial charge in [0.2, 0.25) is 0 Å². The molecule has 0 spiro atoms. The van der Waals surface area contributed by atoms with Crippen LogP contribution in [-0.2, 0) is 4.74 Å². The van der Waals surface area contributed by atoms with Gasteiger partial charge in [-0.1, -0.05) is 36.4 Å². The lowest BCUT2D eigenvalue weighted by molar-refractivity contribution is 0.120. The van der Waals surface area contributed by atoms with E-state index in [4.69, 9.17) is 5.73 Å². The van der Waals surface area contributed by atoms with Gasteiger partial charge in [0.15, 0.2) is 0 Å². The molecule has 0 atom stereocenters. The lowest BCUT2D eigenvalue weighted by Gasteiger charge is -2.35. The minimum Gasteiger partial charge on any atom is -0.367 e. The highest BCUT2D eigenvalue weighted by Gasteiger charge is 2.24. The Morgan fingerprint density at radius 3 is 2.36 bits per heavy atom. The van der Waals surface area contributed by atoms with Crippen LogP contribution in [0.1, 0.15) is 0 Å². The molecule has 0 radical (unpaired) electrons. The SMILES string of the molecule is NC(=O)OC(=O)N1CCN(c2cccc3ccccc23)CC1. The zero-order chi connectivity index (χ0) is 15.5. The number of primary amides is 1. The molecule has 1 heterocycles. The van der Waals surface area contributed by atoms with Gasteiger partial charge in [0.05, 0.1) is 0 Å². The van der Waals surface area contributed by atoms with Crippen molar-refractivity contribution in [3.8, 4) is 0 Å². The average molecular weight is 299 g/mol. The first-order valence-electron chi connectivity index (χ1n) is 7.14. The molecule has 2 N–H and O–H groups in total. The highest BCUT2D eigenvalue weighted by Crippen LogP contribution is 2.27. The first-order valence-corrected chi connectivity index (χ1v) is 7.14. The maximum atomic E-state index is 11.6. The van der Waals surface area contributed by atoms with Crippen molar-refractivity contribution in [2.75, 3.05) is 31.1 Å². The molecular weight excluding hydrogens is 282 g/mol. The molecule has 0 aromatic heterocycles. The van der Waals surface area contributed by atoms with Crippen LogP contribution in [0, 0.1) is 0 Å². The molecular formula is C16H17N3O3. The second-order valence-corrected chi connectivity index (χ2v) is 5.16. The summed E-state index contributed by atoms with van der Waals surface area (Å²) in [4.78, 5) is 26.0. The quantitative estimate of drug-likeness (QED) is 0.819. The number of nitrogens with zero attached hydrogens (tertiary/aromatic N) is 2. The topological polar surface area (TPSA) is 75.9 Å². The Hall–Kier alpha value is -2.76. The molecule has 1 fully saturated rings. The lowest BCUT2D eigenvalue weighted by atomic mass is 10.1. The van der Waals surface area contributed by atoms with Crippen LogP contribution >= 0.6 is 0 Å². The van der Waals surface area contributed by atoms with Crippen molar-refractivity contribution in [3.05, 3.63) is 42.5 Å². The Kier molecular flexibility index (Phi) is 3.82. The third-order valence-corrected chi connectivity index (χ3v) is 3.83. The number of hydrogen-bond acceptors (Lipinski definition) is 4. The van der Waals surface area contributed by atoms with E-state index >= 15 is 0 Å². The molecule has 114 valence electrons. The summed E-state index contributed by atoms with van der Waals surface area (Å²) in [6.07, 6.45) is -1.74. The van der Waals surface area contributed by atoms with E-state index in [1.165, 1.54) is 15.7 Å². The van der Waals surface area contributed by atoms with Crippen LogP contribution in [0.4, 0.5) is 15.3 Å². The van der Waals surface area contributed by atoms with E-state index in [0.29, 0.717) is 26.2 Å². The fraction of sp³-hybridized carbons (Fsp3) is 0.250. The third-order valence-electron chi connectivity index (χ3n) is 3.83. The summed E-state index contributed by atoms with van der Waals surface area (Å²) in [6.45, 7) is 2.36. The molecule has 0 bridgehead atoms. The number of hydrogen-bond donors (Lipinski definition) is 1. The van der Waals surface area contributed by atoms with Gasteiger partial charge in [-0.2, -0.15) is 0 Å². The second-order valence-electron chi connectivity index (χ2n) is 5.16. The summed E-state index contributed by atoms with van der Waals surface area (Å²) in [7, 11) is 0. The van der Waals surface area contributed by atoms with Crippen LogP contribution in [0.25, 0.3) is 10.8 Å². The van der Waals surface area contributed by atoms with Gasteiger partial charge in [0.1, 0.15) is 0 Å². The molecule has 2 aromatic rings. The van der Waals surface area contributed by atoms with Crippen LogP contribution in [-0.4, -0.2) is 43.3 Å². The Balaban J connectivity index is 1.73. The molecule has 6 heteroatoms. The predicted octanol–water partition coefficient (Wildman–Crippen LogP) is 2.18. The number of ether oxygens (including phenoxy) is 1. The number of rotatable bonds is 1. The van der Waals surface area contributed by atoms with Crippen molar-refractivity contribution in [2.45, 2.75) is 0 Å². The normalized spacial score (nSPS) is 14.9. The Bertz CT molecular complexity index is 703. The average Bonchev–Trinajstić information content (AvgIpc) is 2.54. The molecule has 1 aliphatic heterocycles. The van der Waals surface area contributed by atoms with E-state index in [1.807, 2.05) is 18.2 Å². The molecule has 0 aliphatic carbocycles. The predicted molar refractivity (Wildman–Crippen MR) is 83.8 cm³/mol. The Morgan fingerprint density at radius 1 is 0.955 bits per heavy atom. The first-order chi connectivity index (χ1) is 10.6. The van der Waals surface area contributed by atoms with Gasteiger partial charge in [0.25, 0.3) is 0 Å². The standard InChI is InChI=1S/C16H17N3O3/c17-15(20)22-16(21)19-10-8-18(9-11-19)14-7-3-5-12-4-1-2-6-13(12)14/h1-7H,8-11H2,(H2,17,20). The molecule has 2 aromatic carbocycles. The van der Waals surface area contributed by atoms with Gasteiger partial charge in [-0.05, 0) is 11.5 Å².